The highest BCUT2D eigenvalue weighted by Crippen LogP contribution is 2.30. The third-order valence-electron chi connectivity index (χ3n) is 5.31. The minimum Gasteiger partial charge on any atom is -0.334 e. The summed E-state index contributed by atoms with van der Waals surface area (Å²) in [6.45, 7) is 1.96. The molecule has 2 aliphatic rings. The summed E-state index contributed by atoms with van der Waals surface area (Å²) in [6, 6.07) is 8.35. The van der Waals surface area contributed by atoms with Gasteiger partial charge >= 0.3 is 0 Å². The van der Waals surface area contributed by atoms with Crippen LogP contribution in [-0.4, -0.2) is 68.1 Å². The predicted octanol–water partition coefficient (Wildman–Crippen LogP) is 1.36. The Morgan fingerprint density at radius 2 is 1.92 bits per heavy atom. The topological polar surface area (TPSA) is 67.2 Å². The first kappa shape index (κ1) is 15.3. The molecule has 0 aliphatic carbocycles. The summed E-state index contributed by atoms with van der Waals surface area (Å²) < 4.78 is 1.56. The number of tetrazole rings is 1. The molecule has 3 heterocycles. The molecule has 1 aromatic carbocycles. The Balaban J connectivity index is 1.64. The van der Waals surface area contributed by atoms with Crippen LogP contribution in [0.4, 0.5) is 0 Å². The van der Waals surface area contributed by atoms with Gasteiger partial charge in [0, 0.05) is 18.6 Å². The zero-order chi connectivity index (χ0) is 16.5. The molecule has 0 N–H and O–H groups in total. The molecule has 2 aliphatic heterocycles. The molecule has 24 heavy (non-hydrogen) atoms. The van der Waals surface area contributed by atoms with Crippen LogP contribution in [0.2, 0.25) is 0 Å². The van der Waals surface area contributed by atoms with E-state index >= 15 is 0 Å². The van der Waals surface area contributed by atoms with Crippen molar-refractivity contribution >= 4 is 5.91 Å². The number of para-hydroxylation sites is 1. The molecule has 0 bridgehead atoms. The van der Waals surface area contributed by atoms with Crippen LogP contribution in [0.25, 0.3) is 5.69 Å². The third-order valence-corrected chi connectivity index (χ3v) is 5.31. The highest BCUT2D eigenvalue weighted by Gasteiger charge is 2.39. The third kappa shape index (κ3) is 2.58. The molecule has 7 heteroatoms. The Bertz CT molecular complexity index is 716. The lowest BCUT2D eigenvalue weighted by Gasteiger charge is -2.33. The van der Waals surface area contributed by atoms with E-state index < -0.39 is 0 Å². The number of likely N-dealkylation sites (N-methyl/N-ethyl adjacent to an activating group) is 1. The zero-order valence-electron chi connectivity index (χ0n) is 13.9. The maximum Gasteiger partial charge on any atom is 0.256 e. The number of carbonyl (C=O) groups excluding carboxylic acids is 1. The van der Waals surface area contributed by atoms with Crippen molar-refractivity contribution in [3.8, 4) is 5.69 Å². The number of hydrogen-bond acceptors (Lipinski definition) is 5. The van der Waals surface area contributed by atoms with Crippen LogP contribution < -0.4 is 0 Å². The summed E-state index contributed by atoms with van der Waals surface area (Å²) in [5.41, 5.74) is 1.40. The van der Waals surface area contributed by atoms with Crippen molar-refractivity contribution < 1.29 is 4.79 Å². The maximum atomic E-state index is 13.3. The monoisotopic (exact) mass is 326 g/mol. The van der Waals surface area contributed by atoms with Crippen molar-refractivity contribution in [2.24, 2.45) is 0 Å². The van der Waals surface area contributed by atoms with Gasteiger partial charge in [-0.2, -0.15) is 4.68 Å². The van der Waals surface area contributed by atoms with E-state index in [4.69, 9.17) is 0 Å². The Morgan fingerprint density at radius 3 is 2.67 bits per heavy atom. The Kier molecular flexibility index (Phi) is 4.02. The van der Waals surface area contributed by atoms with Gasteiger partial charge in [-0.15, -0.1) is 5.10 Å². The van der Waals surface area contributed by atoms with E-state index in [1.165, 1.54) is 19.2 Å². The molecule has 0 unspecified atom stereocenters. The van der Waals surface area contributed by atoms with Crippen molar-refractivity contribution in [1.82, 2.24) is 30.0 Å². The average molecular weight is 326 g/mol. The zero-order valence-corrected chi connectivity index (χ0v) is 13.9. The van der Waals surface area contributed by atoms with E-state index in [9.17, 15) is 4.79 Å². The van der Waals surface area contributed by atoms with Crippen LogP contribution in [0.1, 0.15) is 36.0 Å². The van der Waals surface area contributed by atoms with Gasteiger partial charge in [0.15, 0.2) is 0 Å². The van der Waals surface area contributed by atoms with E-state index in [-0.39, 0.29) is 5.91 Å². The Morgan fingerprint density at radius 1 is 1.12 bits per heavy atom. The molecular weight excluding hydrogens is 304 g/mol. The van der Waals surface area contributed by atoms with Gasteiger partial charge in [0.2, 0.25) is 0 Å². The Hall–Kier alpha value is -2.28. The molecule has 2 fully saturated rings. The van der Waals surface area contributed by atoms with E-state index in [0.717, 1.165) is 31.6 Å². The molecule has 2 atom stereocenters. The van der Waals surface area contributed by atoms with Crippen LogP contribution in [-0.2, 0) is 0 Å². The first-order chi connectivity index (χ1) is 11.8. The quantitative estimate of drug-likeness (QED) is 0.852. The van der Waals surface area contributed by atoms with E-state index in [1.54, 1.807) is 4.68 Å². The van der Waals surface area contributed by atoms with Crippen molar-refractivity contribution in [2.45, 2.75) is 37.8 Å². The summed E-state index contributed by atoms with van der Waals surface area (Å²) in [5.74, 6) is 0.0869. The second-order valence-corrected chi connectivity index (χ2v) is 6.67. The molecule has 0 saturated carbocycles. The second-order valence-electron chi connectivity index (χ2n) is 6.67. The number of carbonyl (C=O) groups is 1. The standard InChI is InChI=1S/C17H22N6O/c1-21-10-4-8-15(21)16-9-5-11-22(16)17(24)13-6-2-3-7-14(13)23-12-18-19-20-23/h2-3,6-7,12,15-16H,4-5,8-11H2,1H3/t15-,16-/m0/s1. The smallest absolute Gasteiger partial charge is 0.256 e. The molecule has 0 radical (unpaired) electrons. The van der Waals surface area contributed by atoms with Gasteiger partial charge in [0.25, 0.3) is 5.91 Å². The van der Waals surface area contributed by atoms with Gasteiger partial charge in [-0.05, 0) is 61.8 Å². The minimum absolute atomic E-state index is 0.0869. The van der Waals surface area contributed by atoms with E-state index in [0.29, 0.717) is 17.6 Å². The van der Waals surface area contributed by atoms with Crippen molar-refractivity contribution in [3.63, 3.8) is 0 Å². The number of aromatic nitrogens is 4. The fourth-order valence-electron chi connectivity index (χ4n) is 4.15. The summed E-state index contributed by atoms with van der Waals surface area (Å²) in [5, 5.41) is 11.3. The maximum absolute atomic E-state index is 13.3. The molecule has 0 spiro atoms. The van der Waals surface area contributed by atoms with Gasteiger partial charge in [0.1, 0.15) is 6.33 Å². The highest BCUT2D eigenvalue weighted by atomic mass is 16.2. The predicted molar refractivity (Wildman–Crippen MR) is 88.9 cm³/mol. The van der Waals surface area contributed by atoms with Gasteiger partial charge in [-0.1, -0.05) is 12.1 Å². The molecular formula is C17H22N6O. The SMILES string of the molecule is CN1CCC[C@H]1[C@@H]1CCCN1C(=O)c1ccccc1-n1cnnn1. The number of rotatable bonds is 3. The van der Waals surface area contributed by atoms with Crippen LogP contribution in [0.5, 0.6) is 0 Å². The van der Waals surface area contributed by atoms with Crippen LogP contribution in [0.15, 0.2) is 30.6 Å². The summed E-state index contributed by atoms with van der Waals surface area (Å²) in [6.07, 6.45) is 6.10. The van der Waals surface area contributed by atoms with Gasteiger partial charge in [-0.25, -0.2) is 0 Å². The lowest BCUT2D eigenvalue weighted by molar-refractivity contribution is 0.0664. The molecule has 126 valence electrons. The molecule has 2 aromatic rings. The number of likely N-dealkylation sites (tertiary alicyclic amines) is 2. The lowest BCUT2D eigenvalue weighted by atomic mass is 10.0. The Labute approximate surface area is 141 Å². The minimum atomic E-state index is 0.0869. The van der Waals surface area contributed by atoms with E-state index in [2.05, 4.69) is 32.4 Å². The molecule has 1 aromatic heterocycles. The fourth-order valence-corrected chi connectivity index (χ4v) is 4.15. The summed E-state index contributed by atoms with van der Waals surface area (Å²) in [7, 11) is 2.17. The average Bonchev–Trinajstić information content (AvgIpc) is 3.35. The van der Waals surface area contributed by atoms with Gasteiger partial charge in [0.05, 0.1) is 11.3 Å². The highest BCUT2D eigenvalue weighted by molar-refractivity contribution is 5.98. The summed E-state index contributed by atoms with van der Waals surface area (Å²) in [4.78, 5) is 17.7. The van der Waals surface area contributed by atoms with E-state index in [1.807, 2.05) is 24.3 Å². The molecule has 1 amide bonds. The first-order valence-corrected chi connectivity index (χ1v) is 8.59. The van der Waals surface area contributed by atoms with Crippen molar-refractivity contribution in [1.29, 1.82) is 0 Å². The van der Waals surface area contributed by atoms with Gasteiger partial charge in [-0.3, -0.25) is 4.79 Å². The lowest BCUT2D eigenvalue weighted by Crippen LogP contribution is -2.47. The largest absolute Gasteiger partial charge is 0.334 e. The molecule has 2 saturated heterocycles. The van der Waals surface area contributed by atoms with Crippen molar-refractivity contribution in [2.75, 3.05) is 20.1 Å². The molecule has 7 nitrogen and oxygen atoms in total. The number of nitrogens with zero attached hydrogens (tertiary/aromatic N) is 6. The summed E-state index contributed by atoms with van der Waals surface area (Å²) >= 11 is 0. The van der Waals surface area contributed by atoms with Gasteiger partial charge < -0.3 is 9.80 Å². The normalized spacial score (nSPS) is 24.6. The number of benzene rings is 1. The van der Waals surface area contributed by atoms with Crippen LogP contribution in [0.3, 0.4) is 0 Å². The number of hydrogen-bond donors (Lipinski definition) is 0. The number of amides is 1. The van der Waals surface area contributed by atoms with Crippen LogP contribution >= 0.6 is 0 Å². The fraction of sp³-hybridized carbons (Fsp3) is 0.529. The second kappa shape index (κ2) is 6.32. The first-order valence-electron chi connectivity index (χ1n) is 8.59. The molecule has 4 rings (SSSR count). The van der Waals surface area contributed by atoms with Crippen molar-refractivity contribution in [3.05, 3.63) is 36.2 Å². The van der Waals surface area contributed by atoms with Crippen LogP contribution in [0, 0.1) is 0 Å².